The van der Waals surface area contributed by atoms with Crippen LogP contribution in [-0.2, 0) is 0 Å². The van der Waals surface area contributed by atoms with Crippen molar-refractivity contribution in [3.05, 3.63) is 36.0 Å². The van der Waals surface area contributed by atoms with Gasteiger partial charge in [0, 0.05) is 18.0 Å². The molecule has 0 saturated heterocycles. The van der Waals surface area contributed by atoms with Crippen molar-refractivity contribution in [2.24, 2.45) is 0 Å². The second-order valence-electron chi connectivity index (χ2n) is 5.57. The quantitative estimate of drug-likeness (QED) is 0.818. The summed E-state index contributed by atoms with van der Waals surface area (Å²) in [5.74, 6) is -0.00475. The number of ether oxygens (including phenoxy) is 1. The van der Waals surface area contributed by atoms with E-state index in [1.807, 2.05) is 6.07 Å². The highest BCUT2D eigenvalue weighted by Crippen LogP contribution is 2.27. The van der Waals surface area contributed by atoms with E-state index in [9.17, 15) is 4.39 Å². The highest BCUT2D eigenvalue weighted by molar-refractivity contribution is 5.74. The van der Waals surface area contributed by atoms with Gasteiger partial charge in [-0.25, -0.2) is 4.39 Å². The van der Waals surface area contributed by atoms with Gasteiger partial charge in [-0.1, -0.05) is 6.42 Å². The van der Waals surface area contributed by atoms with Crippen molar-refractivity contribution in [1.29, 1.82) is 5.26 Å². The fraction of sp³-hybridized carbons (Fsp3) is 0.375. The molecule has 2 N–H and O–H groups in total. The first-order valence-corrected chi connectivity index (χ1v) is 7.83. The van der Waals surface area contributed by atoms with Crippen LogP contribution in [0.5, 0.6) is 5.75 Å². The van der Waals surface area contributed by atoms with Crippen LogP contribution in [0.15, 0.2) is 24.4 Å². The number of tetrazole rings is 1. The monoisotopic (exact) mass is 328 g/mol. The summed E-state index contributed by atoms with van der Waals surface area (Å²) in [7, 11) is 0. The first-order chi connectivity index (χ1) is 11.8. The Kier molecular flexibility index (Phi) is 5.01. The summed E-state index contributed by atoms with van der Waals surface area (Å²) >= 11 is 0. The molecule has 8 heteroatoms. The summed E-state index contributed by atoms with van der Waals surface area (Å²) in [6, 6.07) is 6.58. The van der Waals surface area contributed by atoms with Gasteiger partial charge in [-0.15, -0.1) is 10.2 Å². The van der Waals surface area contributed by atoms with Gasteiger partial charge >= 0.3 is 0 Å². The van der Waals surface area contributed by atoms with Crippen LogP contribution >= 0.6 is 0 Å². The lowest BCUT2D eigenvalue weighted by Gasteiger charge is -2.23. The number of nitriles is 1. The van der Waals surface area contributed by atoms with Crippen LogP contribution in [0.1, 0.15) is 37.9 Å². The Morgan fingerprint density at radius 3 is 2.88 bits per heavy atom. The molecule has 1 aromatic heterocycles. The van der Waals surface area contributed by atoms with Crippen molar-refractivity contribution in [2.75, 3.05) is 5.32 Å². The zero-order valence-electron chi connectivity index (χ0n) is 13.0. The second kappa shape index (κ2) is 7.55. The zero-order valence-corrected chi connectivity index (χ0v) is 13.0. The lowest BCUT2D eigenvalue weighted by Crippen LogP contribution is -2.20. The fourth-order valence-corrected chi connectivity index (χ4v) is 2.63. The van der Waals surface area contributed by atoms with Crippen LogP contribution in [0, 0.1) is 17.1 Å². The topological polar surface area (TPSA) is 99.5 Å². The number of nitrogens with zero attached hydrogens (tertiary/aromatic N) is 4. The standard InChI is InChI=1S/C16H17FN6O/c17-14-8-12(19-10-11(9-18)16-20-22-23-21-16)6-7-15(14)24-13-4-2-1-3-5-13/h6-8,10,13,19H,1-5H2,(H,20,21,22,23). The summed E-state index contributed by atoms with van der Waals surface area (Å²) in [6.07, 6.45) is 6.92. The third kappa shape index (κ3) is 3.87. The SMILES string of the molecule is N#CC(=CNc1ccc(OC2CCCCC2)c(F)c1)c1nn[nH]n1. The van der Waals surface area contributed by atoms with E-state index in [1.165, 1.54) is 18.7 Å². The number of anilines is 1. The van der Waals surface area contributed by atoms with Crippen molar-refractivity contribution < 1.29 is 9.13 Å². The van der Waals surface area contributed by atoms with Gasteiger partial charge in [-0.3, -0.25) is 0 Å². The lowest BCUT2D eigenvalue weighted by atomic mass is 9.98. The summed E-state index contributed by atoms with van der Waals surface area (Å²) in [5.41, 5.74) is 0.687. The highest BCUT2D eigenvalue weighted by atomic mass is 19.1. The van der Waals surface area contributed by atoms with Gasteiger partial charge in [-0.2, -0.15) is 10.5 Å². The van der Waals surface area contributed by atoms with E-state index < -0.39 is 5.82 Å². The molecule has 2 aromatic rings. The summed E-state index contributed by atoms with van der Waals surface area (Å²) in [4.78, 5) is 0. The third-order valence-electron chi connectivity index (χ3n) is 3.87. The Hall–Kier alpha value is -2.95. The van der Waals surface area contributed by atoms with Gasteiger partial charge in [0.15, 0.2) is 11.6 Å². The number of benzene rings is 1. The molecule has 0 aliphatic heterocycles. The zero-order chi connectivity index (χ0) is 16.8. The fourth-order valence-electron chi connectivity index (χ4n) is 2.63. The molecule has 0 amide bonds. The summed E-state index contributed by atoms with van der Waals surface area (Å²) < 4.78 is 19.9. The van der Waals surface area contributed by atoms with E-state index in [0.717, 1.165) is 25.7 Å². The van der Waals surface area contributed by atoms with Gasteiger partial charge in [0.25, 0.3) is 0 Å². The van der Waals surface area contributed by atoms with Gasteiger partial charge < -0.3 is 10.1 Å². The molecule has 0 radical (unpaired) electrons. The minimum absolute atomic E-state index is 0.0930. The second-order valence-corrected chi connectivity index (χ2v) is 5.57. The molecule has 1 aliphatic carbocycles. The summed E-state index contributed by atoms with van der Waals surface area (Å²) in [5, 5.41) is 25.1. The Bertz CT molecular complexity index is 746. The highest BCUT2D eigenvalue weighted by Gasteiger charge is 2.16. The Morgan fingerprint density at radius 1 is 1.38 bits per heavy atom. The number of H-pyrrole nitrogens is 1. The molecular formula is C16H17FN6O. The molecule has 1 heterocycles. The minimum atomic E-state index is -0.433. The molecule has 1 aromatic carbocycles. The van der Waals surface area contributed by atoms with Gasteiger partial charge in [-0.05, 0) is 43.0 Å². The molecule has 24 heavy (non-hydrogen) atoms. The van der Waals surface area contributed by atoms with Crippen LogP contribution in [0.25, 0.3) is 5.57 Å². The Balaban J connectivity index is 1.67. The van der Waals surface area contributed by atoms with Gasteiger partial charge in [0.1, 0.15) is 11.6 Å². The molecule has 0 bridgehead atoms. The maximum absolute atomic E-state index is 14.2. The number of allylic oxidation sites excluding steroid dienone is 1. The third-order valence-corrected chi connectivity index (χ3v) is 3.87. The number of halogens is 1. The maximum Gasteiger partial charge on any atom is 0.216 e. The van der Waals surface area contributed by atoms with Crippen molar-refractivity contribution >= 4 is 11.3 Å². The predicted octanol–water partition coefficient (Wildman–Crippen LogP) is 3.03. The van der Waals surface area contributed by atoms with E-state index in [2.05, 4.69) is 25.9 Å². The van der Waals surface area contributed by atoms with Gasteiger partial charge in [0.2, 0.25) is 5.82 Å². The molecule has 0 spiro atoms. The molecule has 3 rings (SSSR count). The van der Waals surface area contributed by atoms with Crippen LogP contribution in [0.3, 0.4) is 0 Å². The van der Waals surface area contributed by atoms with E-state index in [0.29, 0.717) is 5.69 Å². The lowest BCUT2D eigenvalue weighted by molar-refractivity contribution is 0.149. The first kappa shape index (κ1) is 15.9. The van der Waals surface area contributed by atoms with Gasteiger partial charge in [0.05, 0.1) is 6.10 Å². The number of hydrogen-bond donors (Lipinski definition) is 2. The number of nitrogens with one attached hydrogen (secondary N) is 2. The average molecular weight is 328 g/mol. The average Bonchev–Trinajstić information content (AvgIpc) is 3.13. The van der Waals surface area contributed by atoms with Crippen LogP contribution in [0.2, 0.25) is 0 Å². The van der Waals surface area contributed by atoms with Crippen LogP contribution < -0.4 is 10.1 Å². The van der Waals surface area contributed by atoms with Crippen molar-refractivity contribution in [3.63, 3.8) is 0 Å². The van der Waals surface area contributed by atoms with E-state index in [1.54, 1.807) is 12.1 Å². The number of aromatic amines is 1. The van der Waals surface area contributed by atoms with E-state index in [4.69, 9.17) is 10.00 Å². The minimum Gasteiger partial charge on any atom is -0.487 e. The summed E-state index contributed by atoms with van der Waals surface area (Å²) in [6.45, 7) is 0. The number of rotatable bonds is 5. The molecule has 0 unspecified atom stereocenters. The van der Waals surface area contributed by atoms with Crippen LogP contribution in [-0.4, -0.2) is 26.7 Å². The molecular weight excluding hydrogens is 311 g/mol. The smallest absolute Gasteiger partial charge is 0.216 e. The maximum atomic E-state index is 14.2. The molecule has 7 nitrogen and oxygen atoms in total. The normalized spacial score (nSPS) is 15.8. The van der Waals surface area contributed by atoms with Crippen molar-refractivity contribution in [2.45, 2.75) is 38.2 Å². The number of aromatic nitrogens is 4. The van der Waals surface area contributed by atoms with E-state index in [-0.39, 0.29) is 23.3 Å². The molecule has 124 valence electrons. The molecule has 1 fully saturated rings. The van der Waals surface area contributed by atoms with Crippen LogP contribution in [0.4, 0.5) is 10.1 Å². The molecule has 1 saturated carbocycles. The number of hydrogen-bond acceptors (Lipinski definition) is 6. The first-order valence-electron chi connectivity index (χ1n) is 7.83. The van der Waals surface area contributed by atoms with E-state index >= 15 is 0 Å². The molecule has 0 atom stereocenters. The Morgan fingerprint density at radius 2 is 2.21 bits per heavy atom. The predicted molar refractivity (Wildman–Crippen MR) is 85.3 cm³/mol. The largest absolute Gasteiger partial charge is 0.487 e. The molecule has 1 aliphatic rings. The van der Waals surface area contributed by atoms with Crippen molar-refractivity contribution in [3.8, 4) is 11.8 Å². The Labute approximate surface area is 138 Å². The van der Waals surface area contributed by atoms with Crippen molar-refractivity contribution in [1.82, 2.24) is 20.6 Å².